The summed E-state index contributed by atoms with van der Waals surface area (Å²) in [6.07, 6.45) is -2.43. The van der Waals surface area contributed by atoms with E-state index < -0.39 is 78.3 Å². The number of rotatable bonds is 16. The van der Waals surface area contributed by atoms with Gasteiger partial charge in [-0.25, -0.2) is 4.79 Å². The first-order chi connectivity index (χ1) is 21.1. The van der Waals surface area contributed by atoms with Crippen LogP contribution in [0.4, 0.5) is 0 Å². The van der Waals surface area contributed by atoms with Crippen molar-refractivity contribution < 1.29 is 54.3 Å². The van der Waals surface area contributed by atoms with Crippen LogP contribution in [-0.2, 0) is 41.6 Å². The van der Waals surface area contributed by atoms with Crippen LogP contribution in [0, 0.1) is 0 Å². The standard InChI is InChI=1S/C29H37N5O11/c1-14(25(40)34-22(29(44)45)13-23(38)39)31-26(41)20(11-16-3-7-18(36)8-4-16)32-27(42)21(33-28(43)24(30)15(2)35)12-17-5-9-19(37)10-6-17/h3-10,14-15,20-22,24,35-37H,11-13,30H2,1-2H3,(H,31,41)(H,32,42)(H,33,43)(H,34,40)(H,38,39)(H,44,45)/t14-,15+,20-,21-,22-,24-/m0/s1. The van der Waals surface area contributed by atoms with Gasteiger partial charge in [-0.3, -0.25) is 24.0 Å². The summed E-state index contributed by atoms with van der Waals surface area (Å²) in [6.45, 7) is 2.51. The Morgan fingerprint density at radius 1 is 0.644 bits per heavy atom. The van der Waals surface area contributed by atoms with Crippen molar-refractivity contribution in [3.8, 4) is 11.5 Å². The number of carboxylic acid groups (broad SMARTS) is 2. The molecule has 0 heterocycles. The quantitative estimate of drug-likeness (QED) is 0.0974. The first kappa shape index (κ1) is 36.0. The maximum Gasteiger partial charge on any atom is 0.326 e. The first-order valence-corrected chi connectivity index (χ1v) is 13.7. The first-order valence-electron chi connectivity index (χ1n) is 13.7. The van der Waals surface area contributed by atoms with Gasteiger partial charge in [-0.2, -0.15) is 0 Å². The number of amides is 4. The minimum atomic E-state index is -1.76. The Hall–Kier alpha value is -5.22. The number of nitrogens with one attached hydrogen (secondary N) is 4. The number of carbonyl (C=O) groups is 6. The van der Waals surface area contributed by atoms with Gasteiger partial charge in [0, 0.05) is 12.8 Å². The molecule has 0 aliphatic rings. The van der Waals surface area contributed by atoms with Gasteiger partial charge in [-0.15, -0.1) is 0 Å². The van der Waals surface area contributed by atoms with Gasteiger partial charge in [0.25, 0.3) is 0 Å². The average molecular weight is 632 g/mol. The summed E-state index contributed by atoms with van der Waals surface area (Å²) in [6, 6.07) is 4.19. The predicted molar refractivity (Wildman–Crippen MR) is 157 cm³/mol. The molecule has 11 N–H and O–H groups in total. The molecular formula is C29H37N5O11. The fourth-order valence-electron chi connectivity index (χ4n) is 3.96. The van der Waals surface area contributed by atoms with Crippen molar-refractivity contribution in [1.82, 2.24) is 21.3 Å². The number of phenols is 2. The summed E-state index contributed by atoms with van der Waals surface area (Å²) in [4.78, 5) is 74.5. The van der Waals surface area contributed by atoms with Crippen LogP contribution in [0.5, 0.6) is 11.5 Å². The SMILES string of the molecule is C[C@H](NC(=O)[C@H](Cc1ccc(O)cc1)NC(=O)[C@H](Cc1ccc(O)cc1)NC(=O)[C@@H](N)[C@@H](C)O)C(=O)N[C@@H](CC(=O)O)C(=O)O. The molecule has 2 rings (SSSR count). The van der Waals surface area contributed by atoms with Crippen molar-refractivity contribution in [2.75, 3.05) is 0 Å². The lowest BCUT2D eigenvalue weighted by Crippen LogP contribution is -2.59. The summed E-state index contributed by atoms with van der Waals surface area (Å²) in [5, 5.41) is 56.5. The molecule has 0 aromatic heterocycles. The van der Waals surface area contributed by atoms with Crippen molar-refractivity contribution in [3.63, 3.8) is 0 Å². The highest BCUT2D eigenvalue weighted by Crippen LogP contribution is 2.14. The largest absolute Gasteiger partial charge is 0.508 e. The molecule has 0 aliphatic carbocycles. The molecule has 2 aromatic carbocycles. The Bertz CT molecular complexity index is 1370. The molecule has 2 aromatic rings. The van der Waals surface area contributed by atoms with E-state index in [1.807, 2.05) is 5.32 Å². The number of carbonyl (C=O) groups excluding carboxylic acids is 4. The molecule has 0 unspecified atom stereocenters. The van der Waals surface area contributed by atoms with Gasteiger partial charge < -0.3 is 52.5 Å². The summed E-state index contributed by atoms with van der Waals surface area (Å²) >= 11 is 0. The average Bonchev–Trinajstić information content (AvgIpc) is 2.97. The summed E-state index contributed by atoms with van der Waals surface area (Å²) in [5.41, 5.74) is 6.72. The van der Waals surface area contributed by atoms with E-state index in [0.717, 1.165) is 0 Å². The minimum Gasteiger partial charge on any atom is -0.508 e. The second kappa shape index (κ2) is 16.6. The molecule has 0 fully saturated rings. The molecule has 16 heteroatoms. The number of carboxylic acids is 2. The van der Waals surface area contributed by atoms with Gasteiger partial charge in [0.2, 0.25) is 23.6 Å². The molecular weight excluding hydrogens is 594 g/mol. The van der Waals surface area contributed by atoms with Gasteiger partial charge >= 0.3 is 11.9 Å². The van der Waals surface area contributed by atoms with E-state index in [2.05, 4.69) is 16.0 Å². The van der Waals surface area contributed by atoms with Crippen molar-refractivity contribution in [1.29, 1.82) is 0 Å². The molecule has 0 aliphatic heterocycles. The molecule has 6 atom stereocenters. The Morgan fingerprint density at radius 2 is 1.04 bits per heavy atom. The fourth-order valence-corrected chi connectivity index (χ4v) is 3.96. The molecule has 0 saturated heterocycles. The van der Waals surface area contributed by atoms with Crippen molar-refractivity contribution in [3.05, 3.63) is 59.7 Å². The number of hydrogen-bond acceptors (Lipinski definition) is 10. The smallest absolute Gasteiger partial charge is 0.326 e. The number of aromatic hydroxyl groups is 2. The lowest BCUT2D eigenvalue weighted by Gasteiger charge is -2.26. The maximum atomic E-state index is 13.5. The van der Waals surface area contributed by atoms with E-state index in [1.165, 1.54) is 62.4 Å². The minimum absolute atomic E-state index is 0.0404. The number of phenolic OH excluding ortho intramolecular Hbond substituents is 2. The highest BCUT2D eigenvalue weighted by molar-refractivity contribution is 5.96. The molecule has 0 radical (unpaired) electrons. The molecule has 4 amide bonds. The van der Waals surface area contributed by atoms with Crippen LogP contribution in [0.1, 0.15) is 31.4 Å². The number of aliphatic hydroxyl groups is 1. The molecule has 244 valence electrons. The lowest BCUT2D eigenvalue weighted by molar-refractivity contribution is -0.147. The van der Waals surface area contributed by atoms with Crippen LogP contribution < -0.4 is 27.0 Å². The molecule has 0 spiro atoms. The van der Waals surface area contributed by atoms with Crippen LogP contribution in [0.3, 0.4) is 0 Å². The van der Waals surface area contributed by atoms with Gasteiger partial charge in [-0.1, -0.05) is 24.3 Å². The third-order valence-electron chi connectivity index (χ3n) is 6.59. The Labute approximate surface area is 257 Å². The molecule has 0 saturated carbocycles. The Morgan fingerprint density at radius 3 is 1.44 bits per heavy atom. The number of benzene rings is 2. The zero-order valence-corrected chi connectivity index (χ0v) is 24.5. The van der Waals surface area contributed by atoms with Crippen LogP contribution in [0.25, 0.3) is 0 Å². The molecule has 45 heavy (non-hydrogen) atoms. The van der Waals surface area contributed by atoms with Gasteiger partial charge in [0.05, 0.1) is 12.5 Å². The van der Waals surface area contributed by atoms with E-state index >= 15 is 0 Å². The van der Waals surface area contributed by atoms with Crippen LogP contribution >= 0.6 is 0 Å². The lowest BCUT2D eigenvalue weighted by atomic mass is 10.0. The fraction of sp³-hybridized carbons (Fsp3) is 0.379. The van der Waals surface area contributed by atoms with Crippen molar-refractivity contribution >= 4 is 35.6 Å². The summed E-state index contributed by atoms with van der Waals surface area (Å²) in [5.74, 6) is -6.77. The van der Waals surface area contributed by atoms with Gasteiger partial charge in [-0.05, 0) is 49.2 Å². The van der Waals surface area contributed by atoms with E-state index in [1.54, 1.807) is 0 Å². The maximum absolute atomic E-state index is 13.5. The zero-order valence-electron chi connectivity index (χ0n) is 24.5. The number of hydrogen-bond donors (Lipinski definition) is 10. The summed E-state index contributed by atoms with van der Waals surface area (Å²) in [7, 11) is 0. The van der Waals surface area contributed by atoms with Gasteiger partial charge in [0.15, 0.2) is 0 Å². The Balaban J connectivity index is 2.31. The van der Waals surface area contributed by atoms with Crippen LogP contribution in [0.15, 0.2) is 48.5 Å². The third-order valence-corrected chi connectivity index (χ3v) is 6.59. The normalized spacial score (nSPS) is 14.8. The highest BCUT2D eigenvalue weighted by Gasteiger charge is 2.32. The number of aliphatic hydroxyl groups excluding tert-OH is 1. The van der Waals surface area contributed by atoms with Crippen LogP contribution in [0.2, 0.25) is 0 Å². The monoisotopic (exact) mass is 631 g/mol. The van der Waals surface area contributed by atoms with Crippen LogP contribution in [-0.4, -0.2) is 97.4 Å². The van der Waals surface area contributed by atoms with E-state index in [-0.39, 0.29) is 24.3 Å². The number of nitrogens with two attached hydrogens (primary N) is 1. The molecule has 0 bridgehead atoms. The second-order valence-corrected chi connectivity index (χ2v) is 10.4. The van der Waals surface area contributed by atoms with Crippen molar-refractivity contribution in [2.24, 2.45) is 5.73 Å². The highest BCUT2D eigenvalue weighted by atomic mass is 16.4. The zero-order chi connectivity index (χ0) is 33.8. The van der Waals surface area contributed by atoms with E-state index in [4.69, 9.17) is 10.8 Å². The van der Waals surface area contributed by atoms with E-state index in [0.29, 0.717) is 11.1 Å². The third kappa shape index (κ3) is 11.8. The topological polar surface area (TPSA) is 278 Å². The van der Waals surface area contributed by atoms with Gasteiger partial charge in [0.1, 0.15) is 41.7 Å². The number of aliphatic carboxylic acids is 2. The van der Waals surface area contributed by atoms with E-state index in [9.17, 15) is 49.2 Å². The Kier molecular flexibility index (Phi) is 13.3. The second-order valence-electron chi connectivity index (χ2n) is 10.4. The molecule has 16 nitrogen and oxygen atoms in total. The van der Waals surface area contributed by atoms with Crippen molar-refractivity contribution in [2.45, 2.75) is 69.4 Å². The summed E-state index contributed by atoms with van der Waals surface area (Å²) < 4.78 is 0. The predicted octanol–water partition coefficient (Wildman–Crippen LogP) is -1.89.